The fourth-order valence-electron chi connectivity index (χ4n) is 3.29. The normalized spacial score (nSPS) is 11.4. The van der Waals surface area contributed by atoms with Gasteiger partial charge in [-0.1, -0.05) is 12.8 Å². The van der Waals surface area contributed by atoms with Crippen LogP contribution in [0.5, 0.6) is 0 Å². The van der Waals surface area contributed by atoms with Gasteiger partial charge in [0, 0.05) is 18.7 Å². The number of carboxylic acids is 1. The topological polar surface area (TPSA) is 118 Å². The molecular weight excluding hydrogens is 380 g/mol. The van der Waals surface area contributed by atoms with Gasteiger partial charge in [-0.15, -0.1) is 0 Å². The van der Waals surface area contributed by atoms with E-state index >= 15 is 0 Å². The van der Waals surface area contributed by atoms with Crippen molar-refractivity contribution in [3.05, 3.63) is 44.1 Å². The summed E-state index contributed by atoms with van der Waals surface area (Å²) in [6.45, 7) is 2.51. The van der Waals surface area contributed by atoms with Gasteiger partial charge in [0.25, 0.3) is 5.56 Å². The van der Waals surface area contributed by atoms with Crippen molar-refractivity contribution in [1.82, 2.24) is 19.5 Å². The molecule has 0 fully saturated rings. The Morgan fingerprint density at radius 3 is 2.64 bits per heavy atom. The summed E-state index contributed by atoms with van der Waals surface area (Å²) in [5, 5.41) is 8.72. The maximum Gasteiger partial charge on any atom is 0.349 e. The molecule has 0 saturated heterocycles. The van der Waals surface area contributed by atoms with Crippen LogP contribution in [0.4, 0.5) is 0 Å². The number of carbonyl (C=O) groups is 1. The van der Waals surface area contributed by atoms with Crippen LogP contribution in [-0.2, 0) is 17.1 Å². The maximum atomic E-state index is 12.2. The zero-order valence-electron chi connectivity index (χ0n) is 15.6. The smallest absolute Gasteiger partial charge is 0.349 e. The van der Waals surface area contributed by atoms with E-state index in [0.717, 1.165) is 35.9 Å². The molecule has 9 heteroatoms. The van der Waals surface area contributed by atoms with Crippen molar-refractivity contribution < 1.29 is 9.90 Å². The highest BCUT2D eigenvalue weighted by Crippen LogP contribution is 2.25. The number of H-pyrrole nitrogens is 1. The van der Waals surface area contributed by atoms with E-state index in [1.54, 1.807) is 0 Å². The number of hydrogen-bond acceptors (Lipinski definition) is 6. The van der Waals surface area contributed by atoms with Crippen molar-refractivity contribution in [1.29, 1.82) is 0 Å². The fraction of sp³-hybridized carbons (Fsp3) is 0.421. The van der Waals surface area contributed by atoms with Crippen molar-refractivity contribution >= 4 is 29.6 Å². The van der Waals surface area contributed by atoms with Crippen molar-refractivity contribution in [2.45, 2.75) is 51.3 Å². The van der Waals surface area contributed by atoms with Crippen molar-refractivity contribution in [3.63, 3.8) is 0 Å². The minimum Gasteiger partial charge on any atom is -0.481 e. The molecule has 8 nitrogen and oxygen atoms in total. The number of nitrogens with zero attached hydrogens (tertiary/aromatic N) is 3. The summed E-state index contributed by atoms with van der Waals surface area (Å²) in [5.41, 5.74) is 2.41. The number of fused-ring (bicyclic) bond motifs is 2. The van der Waals surface area contributed by atoms with Crippen LogP contribution in [0.1, 0.15) is 43.2 Å². The summed E-state index contributed by atoms with van der Waals surface area (Å²) in [7, 11) is 0. The number of unbranched alkanes of at least 4 members (excludes halogenated alkanes) is 3. The van der Waals surface area contributed by atoms with Gasteiger partial charge < -0.3 is 9.67 Å². The zero-order chi connectivity index (χ0) is 20.3. The predicted octanol–water partition coefficient (Wildman–Crippen LogP) is 2.36. The first kappa shape index (κ1) is 20.1. The van der Waals surface area contributed by atoms with Gasteiger partial charge >= 0.3 is 11.7 Å². The Kier molecular flexibility index (Phi) is 6.13. The lowest BCUT2D eigenvalue weighted by atomic mass is 10.1. The molecule has 148 valence electrons. The number of rotatable bonds is 8. The third-order valence-electron chi connectivity index (χ3n) is 4.76. The molecule has 28 heavy (non-hydrogen) atoms. The number of hydrogen-bond donors (Lipinski definition) is 3. The Balaban J connectivity index is 2.02. The van der Waals surface area contributed by atoms with Crippen LogP contribution in [0.2, 0.25) is 0 Å². The number of nitrogens with one attached hydrogen (secondary N) is 1. The Labute approximate surface area is 166 Å². The van der Waals surface area contributed by atoms with E-state index in [1.807, 2.05) is 23.6 Å². The average molecular weight is 402 g/mol. The van der Waals surface area contributed by atoms with E-state index in [9.17, 15) is 14.4 Å². The summed E-state index contributed by atoms with van der Waals surface area (Å²) in [6, 6.07) is 3.89. The summed E-state index contributed by atoms with van der Waals surface area (Å²) in [6.07, 6.45) is 3.20. The van der Waals surface area contributed by atoms with Crippen LogP contribution in [0.15, 0.2) is 21.7 Å². The molecule has 0 aromatic heterocycles. The fourth-order valence-corrected chi connectivity index (χ4v) is 3.63. The van der Waals surface area contributed by atoms with Crippen LogP contribution in [0, 0.1) is 6.92 Å². The average Bonchev–Trinajstić information content (AvgIpc) is 2.63. The molecule has 2 aliphatic rings. The van der Waals surface area contributed by atoms with E-state index in [1.165, 1.54) is 0 Å². The minimum atomic E-state index is -0.790. The third kappa shape index (κ3) is 4.24. The number of aryl methyl sites for hydroxylation is 2. The van der Waals surface area contributed by atoms with Crippen molar-refractivity contribution in [2.24, 2.45) is 0 Å². The van der Waals surface area contributed by atoms with Gasteiger partial charge in [-0.05, 0) is 43.0 Å². The second kappa shape index (κ2) is 8.55. The van der Waals surface area contributed by atoms with Gasteiger partial charge in [-0.2, -0.15) is 17.6 Å². The monoisotopic (exact) mass is 402 g/mol. The lowest BCUT2D eigenvalue weighted by Crippen LogP contribution is -2.29. The highest BCUT2D eigenvalue weighted by molar-refractivity contribution is 7.79. The second-order valence-corrected chi connectivity index (χ2v) is 7.11. The Bertz CT molecular complexity index is 1110. The van der Waals surface area contributed by atoms with Gasteiger partial charge in [0.15, 0.2) is 11.5 Å². The molecule has 0 amide bonds. The molecule has 0 unspecified atom stereocenters. The molecule has 0 saturated carbocycles. The molecule has 0 radical (unpaired) electrons. The lowest BCUT2D eigenvalue weighted by Gasteiger charge is -2.18. The number of thiol groups is 1. The van der Waals surface area contributed by atoms with Crippen LogP contribution in [-0.4, -0.2) is 30.6 Å². The van der Waals surface area contributed by atoms with Gasteiger partial charge in [0.05, 0.1) is 11.0 Å². The number of aliphatic carboxylic acids is 1. The molecule has 1 aromatic rings. The second-order valence-electron chi connectivity index (χ2n) is 6.79. The number of aromatic amines is 1. The molecule has 1 aromatic carbocycles. The van der Waals surface area contributed by atoms with Gasteiger partial charge in [-0.3, -0.25) is 14.6 Å². The molecule has 0 bridgehead atoms. The standard InChI is InChI=1S/C19H22N4O4S/c1-11-8-13-14(9-12(11)10-28)23(7-5-3-2-4-6-15(24)25)17-16(20-13)18(26)22-19(27)21-17/h8-9,28H,2-7,10H2,1H3,(H,24,25)(H,22,26,27). The van der Waals surface area contributed by atoms with Crippen LogP contribution >= 0.6 is 12.6 Å². The van der Waals surface area contributed by atoms with E-state index in [4.69, 9.17) is 5.11 Å². The van der Waals surface area contributed by atoms with E-state index in [2.05, 4.69) is 27.6 Å². The highest BCUT2D eigenvalue weighted by Gasteiger charge is 2.19. The van der Waals surface area contributed by atoms with Gasteiger partial charge in [-0.25, -0.2) is 9.78 Å². The number of aromatic nitrogens is 4. The Hall–Kier alpha value is -2.68. The summed E-state index contributed by atoms with van der Waals surface area (Å²) in [4.78, 5) is 45.2. The van der Waals surface area contributed by atoms with E-state index < -0.39 is 17.2 Å². The first-order valence-electron chi connectivity index (χ1n) is 9.17. The molecule has 2 aliphatic heterocycles. The van der Waals surface area contributed by atoms with E-state index in [0.29, 0.717) is 24.2 Å². The SMILES string of the molecule is Cc1cc2nc3c(=O)[nH]c(=O)nc-3n(CCCCCCC(=O)O)c2cc1CS. The quantitative estimate of drug-likeness (QED) is 0.302. The lowest BCUT2D eigenvalue weighted by molar-refractivity contribution is -0.137. The molecular formula is C19H22N4O4S. The van der Waals surface area contributed by atoms with Crippen LogP contribution in [0.3, 0.4) is 0 Å². The minimum absolute atomic E-state index is 0.135. The van der Waals surface area contributed by atoms with E-state index in [-0.39, 0.29) is 17.9 Å². The molecule has 0 atom stereocenters. The van der Waals surface area contributed by atoms with Crippen LogP contribution < -0.4 is 11.2 Å². The molecule has 2 N–H and O–H groups in total. The predicted molar refractivity (Wildman–Crippen MR) is 109 cm³/mol. The first-order valence-corrected chi connectivity index (χ1v) is 9.80. The van der Waals surface area contributed by atoms with Gasteiger partial charge in [0.2, 0.25) is 0 Å². The molecule has 2 heterocycles. The third-order valence-corrected chi connectivity index (χ3v) is 5.10. The van der Waals surface area contributed by atoms with Crippen molar-refractivity contribution in [3.8, 4) is 11.5 Å². The summed E-state index contributed by atoms with van der Waals surface area (Å²) >= 11 is 4.37. The van der Waals surface area contributed by atoms with Crippen molar-refractivity contribution in [2.75, 3.05) is 0 Å². The number of carboxylic acid groups (broad SMARTS) is 1. The maximum absolute atomic E-state index is 12.2. The summed E-state index contributed by atoms with van der Waals surface area (Å²) in [5.74, 6) is 0.0345. The Morgan fingerprint density at radius 1 is 1.18 bits per heavy atom. The highest BCUT2D eigenvalue weighted by atomic mass is 32.1. The Morgan fingerprint density at radius 2 is 1.93 bits per heavy atom. The molecule has 3 rings (SSSR count). The largest absolute Gasteiger partial charge is 0.481 e. The molecule has 0 spiro atoms. The summed E-state index contributed by atoms with van der Waals surface area (Å²) < 4.78 is 1.86. The van der Waals surface area contributed by atoms with Gasteiger partial charge in [0.1, 0.15) is 0 Å². The first-order chi connectivity index (χ1) is 13.4. The zero-order valence-corrected chi connectivity index (χ0v) is 16.5. The number of benzene rings is 1. The molecule has 0 aliphatic carbocycles. The van der Waals surface area contributed by atoms with Crippen LogP contribution in [0.25, 0.3) is 22.6 Å².